The van der Waals surface area contributed by atoms with E-state index in [0.717, 1.165) is 17.6 Å². The van der Waals surface area contributed by atoms with Crippen LogP contribution in [0.25, 0.3) is 5.57 Å². The number of amides is 2. The molecule has 1 N–H and O–H groups in total. The first kappa shape index (κ1) is 24.7. The van der Waals surface area contributed by atoms with Crippen molar-refractivity contribution in [3.63, 3.8) is 0 Å². The van der Waals surface area contributed by atoms with Crippen LogP contribution in [0.4, 0.5) is 4.79 Å². The van der Waals surface area contributed by atoms with E-state index < -0.39 is 5.97 Å². The molecule has 4 rings (SSSR count). The molecule has 0 radical (unpaired) electrons. The SMILES string of the molecule is COC(=O)C1=C(c2ccc(OC)c(OC)c2)CC2CCC1N2C(=O)NCCOc1ccccc1Cl. The summed E-state index contributed by atoms with van der Waals surface area (Å²) >= 11 is 6.11. The number of hydrogen-bond donors (Lipinski definition) is 1. The monoisotopic (exact) mass is 500 g/mol. The molecule has 2 aliphatic rings. The molecule has 2 aromatic rings. The van der Waals surface area contributed by atoms with Crippen molar-refractivity contribution < 1.29 is 28.5 Å². The van der Waals surface area contributed by atoms with Gasteiger partial charge >= 0.3 is 12.0 Å². The summed E-state index contributed by atoms with van der Waals surface area (Å²) in [4.78, 5) is 27.8. The third kappa shape index (κ3) is 5.03. The van der Waals surface area contributed by atoms with E-state index in [1.54, 1.807) is 31.3 Å². The highest BCUT2D eigenvalue weighted by molar-refractivity contribution is 6.32. The van der Waals surface area contributed by atoms with Gasteiger partial charge in [-0.05, 0) is 54.7 Å². The number of urea groups is 1. The summed E-state index contributed by atoms with van der Waals surface area (Å²) in [5.74, 6) is 1.32. The number of esters is 1. The van der Waals surface area contributed by atoms with Gasteiger partial charge in [0.2, 0.25) is 0 Å². The summed E-state index contributed by atoms with van der Waals surface area (Å²) in [5, 5.41) is 3.43. The molecule has 2 aromatic carbocycles. The van der Waals surface area contributed by atoms with Crippen LogP contribution in [-0.2, 0) is 9.53 Å². The first-order valence-electron chi connectivity index (χ1n) is 11.5. The molecule has 0 saturated carbocycles. The fourth-order valence-electron chi connectivity index (χ4n) is 4.86. The Hall–Kier alpha value is -3.39. The number of benzene rings is 2. The van der Waals surface area contributed by atoms with Gasteiger partial charge in [-0.15, -0.1) is 0 Å². The Labute approximate surface area is 209 Å². The van der Waals surface area contributed by atoms with Crippen molar-refractivity contribution in [3.05, 3.63) is 58.6 Å². The Bertz CT molecular complexity index is 1130. The smallest absolute Gasteiger partial charge is 0.336 e. The molecule has 35 heavy (non-hydrogen) atoms. The lowest BCUT2D eigenvalue weighted by Crippen LogP contribution is -2.51. The number of nitrogens with zero attached hydrogens (tertiary/aromatic N) is 1. The van der Waals surface area contributed by atoms with Gasteiger partial charge in [-0.25, -0.2) is 9.59 Å². The van der Waals surface area contributed by atoms with Gasteiger partial charge in [-0.2, -0.15) is 0 Å². The van der Waals surface area contributed by atoms with Gasteiger partial charge in [0, 0.05) is 6.04 Å². The topological polar surface area (TPSA) is 86.3 Å². The fraction of sp³-hybridized carbons (Fsp3) is 0.385. The first-order chi connectivity index (χ1) is 17.0. The molecule has 1 fully saturated rings. The predicted octanol–water partition coefficient (Wildman–Crippen LogP) is 4.31. The summed E-state index contributed by atoms with van der Waals surface area (Å²) in [5.41, 5.74) is 2.24. The number of carbonyl (C=O) groups excluding carboxylic acids is 2. The minimum atomic E-state index is -0.431. The van der Waals surface area contributed by atoms with E-state index >= 15 is 0 Å². The molecule has 2 amide bonds. The van der Waals surface area contributed by atoms with Gasteiger partial charge in [-0.3, -0.25) is 0 Å². The summed E-state index contributed by atoms with van der Waals surface area (Å²) < 4.78 is 21.6. The zero-order valence-electron chi connectivity index (χ0n) is 20.0. The molecular formula is C26H29ClN2O6. The van der Waals surface area contributed by atoms with Crippen LogP contribution in [0.1, 0.15) is 24.8 Å². The zero-order valence-corrected chi connectivity index (χ0v) is 20.8. The second kappa shape index (κ2) is 10.9. The van der Waals surface area contributed by atoms with Crippen molar-refractivity contribution in [2.24, 2.45) is 0 Å². The Balaban J connectivity index is 1.52. The summed E-state index contributed by atoms with van der Waals surface area (Å²) in [6.07, 6.45) is 2.03. The maximum atomic E-state index is 13.1. The van der Waals surface area contributed by atoms with E-state index in [9.17, 15) is 9.59 Å². The van der Waals surface area contributed by atoms with Gasteiger partial charge in [0.05, 0.1) is 44.5 Å². The number of hydrogen-bond acceptors (Lipinski definition) is 6. The molecule has 2 atom stereocenters. The molecule has 0 aliphatic carbocycles. The van der Waals surface area contributed by atoms with Gasteiger partial charge in [0.25, 0.3) is 0 Å². The summed E-state index contributed by atoms with van der Waals surface area (Å²) in [6, 6.07) is 12.1. The lowest BCUT2D eigenvalue weighted by atomic mass is 9.88. The van der Waals surface area contributed by atoms with Crippen molar-refractivity contribution >= 4 is 29.2 Å². The third-order valence-electron chi connectivity index (χ3n) is 6.44. The molecule has 186 valence electrons. The van der Waals surface area contributed by atoms with Crippen molar-refractivity contribution in [3.8, 4) is 17.2 Å². The largest absolute Gasteiger partial charge is 0.493 e. The van der Waals surface area contributed by atoms with E-state index in [4.69, 9.17) is 30.5 Å². The van der Waals surface area contributed by atoms with E-state index in [-0.39, 0.29) is 24.7 Å². The molecule has 2 aliphatic heterocycles. The zero-order chi connectivity index (χ0) is 24.9. The average Bonchev–Trinajstić information content (AvgIpc) is 3.19. The number of ether oxygens (including phenoxy) is 4. The Morgan fingerprint density at radius 3 is 2.51 bits per heavy atom. The van der Waals surface area contributed by atoms with Crippen LogP contribution in [-0.4, -0.2) is 63.5 Å². The van der Waals surface area contributed by atoms with Crippen LogP contribution >= 0.6 is 11.6 Å². The normalized spacial score (nSPS) is 18.8. The summed E-state index contributed by atoms with van der Waals surface area (Å²) in [6.45, 7) is 0.578. The molecule has 2 unspecified atom stereocenters. The maximum absolute atomic E-state index is 13.1. The summed E-state index contributed by atoms with van der Waals surface area (Å²) in [7, 11) is 4.51. The van der Waals surface area contributed by atoms with E-state index in [0.29, 0.717) is 47.2 Å². The quantitative estimate of drug-likeness (QED) is 0.429. The third-order valence-corrected chi connectivity index (χ3v) is 6.76. The highest BCUT2D eigenvalue weighted by atomic mass is 35.5. The van der Waals surface area contributed by atoms with Gasteiger partial charge in [-0.1, -0.05) is 29.8 Å². The van der Waals surface area contributed by atoms with E-state index in [1.807, 2.05) is 30.3 Å². The Kier molecular flexibility index (Phi) is 7.70. The Morgan fingerprint density at radius 2 is 1.80 bits per heavy atom. The Morgan fingerprint density at radius 1 is 1.03 bits per heavy atom. The maximum Gasteiger partial charge on any atom is 0.336 e. The van der Waals surface area contributed by atoms with Crippen LogP contribution in [0.15, 0.2) is 48.0 Å². The van der Waals surface area contributed by atoms with Crippen molar-refractivity contribution in [2.75, 3.05) is 34.5 Å². The molecule has 0 aromatic heterocycles. The molecule has 2 heterocycles. The van der Waals surface area contributed by atoms with Crippen molar-refractivity contribution in [2.45, 2.75) is 31.3 Å². The van der Waals surface area contributed by atoms with Crippen LogP contribution in [0, 0.1) is 0 Å². The van der Waals surface area contributed by atoms with Crippen LogP contribution in [0.3, 0.4) is 0 Å². The standard InChI is InChI=1S/C26H29ClN2O6/c1-32-22-11-8-16(14-23(22)33-2)18-15-17-9-10-20(24(18)25(30)34-3)29(17)26(31)28-12-13-35-21-7-5-4-6-19(21)27/h4-8,11,14,17,20H,9-10,12-13,15H2,1-3H3,(H,28,31). The molecule has 9 heteroatoms. The van der Waals surface area contributed by atoms with Crippen LogP contribution < -0.4 is 19.5 Å². The number of halogens is 1. The number of methoxy groups -OCH3 is 3. The van der Waals surface area contributed by atoms with E-state index in [2.05, 4.69) is 5.32 Å². The highest BCUT2D eigenvalue weighted by Crippen LogP contribution is 2.44. The number of para-hydroxylation sites is 1. The lowest BCUT2D eigenvalue weighted by molar-refractivity contribution is -0.136. The lowest BCUT2D eigenvalue weighted by Gasteiger charge is -2.37. The molecule has 8 nitrogen and oxygen atoms in total. The molecule has 2 bridgehead atoms. The molecule has 1 saturated heterocycles. The number of fused-ring (bicyclic) bond motifs is 2. The minimum Gasteiger partial charge on any atom is -0.493 e. The molecular weight excluding hydrogens is 472 g/mol. The fourth-order valence-corrected chi connectivity index (χ4v) is 5.05. The second-order valence-electron chi connectivity index (χ2n) is 8.32. The number of nitrogens with one attached hydrogen (secondary N) is 1. The highest BCUT2D eigenvalue weighted by Gasteiger charge is 2.46. The van der Waals surface area contributed by atoms with Gasteiger partial charge < -0.3 is 29.2 Å². The van der Waals surface area contributed by atoms with Crippen LogP contribution in [0.2, 0.25) is 5.02 Å². The van der Waals surface area contributed by atoms with Crippen LogP contribution in [0.5, 0.6) is 17.2 Å². The number of rotatable bonds is 8. The van der Waals surface area contributed by atoms with Crippen molar-refractivity contribution in [1.29, 1.82) is 0 Å². The average molecular weight is 501 g/mol. The first-order valence-corrected chi connectivity index (χ1v) is 11.8. The minimum absolute atomic E-state index is 0.0269. The molecule has 0 spiro atoms. The second-order valence-corrected chi connectivity index (χ2v) is 8.73. The van der Waals surface area contributed by atoms with E-state index in [1.165, 1.54) is 7.11 Å². The number of carbonyl (C=O) groups is 2. The van der Waals surface area contributed by atoms with Gasteiger partial charge in [0.1, 0.15) is 12.4 Å². The van der Waals surface area contributed by atoms with Crippen molar-refractivity contribution in [1.82, 2.24) is 10.2 Å². The van der Waals surface area contributed by atoms with Gasteiger partial charge in [0.15, 0.2) is 11.5 Å². The predicted molar refractivity (Wildman–Crippen MR) is 132 cm³/mol.